The van der Waals surface area contributed by atoms with Crippen molar-refractivity contribution < 1.29 is 14.6 Å². The normalized spacial score (nSPS) is 10.6. The molecule has 0 aliphatic rings. The summed E-state index contributed by atoms with van der Waals surface area (Å²) < 4.78 is 4.70. The number of ether oxygens (including phenoxy) is 1. The molecule has 0 bridgehead atoms. The Morgan fingerprint density at radius 1 is 1.70 bits per heavy atom. The smallest absolute Gasteiger partial charge is 0.113 e. The molecule has 0 saturated carbocycles. The molecule has 0 aliphatic heterocycles. The number of hydrogen-bond acceptors (Lipinski definition) is 3. The molecule has 0 amide bonds. The fraction of sp³-hybridized carbons (Fsp3) is 0.571. The van der Waals surface area contributed by atoms with Crippen molar-refractivity contribution in [2.24, 2.45) is 0 Å². The molecule has 1 unspecified atom stereocenters. The third-order valence-electron chi connectivity index (χ3n) is 0.878. The number of aliphatic hydroxyl groups is 1. The van der Waals surface area contributed by atoms with Crippen molar-refractivity contribution in [2.75, 3.05) is 6.61 Å². The fourth-order valence-corrected chi connectivity index (χ4v) is 0.297. The van der Waals surface area contributed by atoms with Crippen LogP contribution >= 0.6 is 0 Å². The van der Waals surface area contributed by atoms with E-state index in [1.54, 1.807) is 0 Å². The predicted octanol–water partition coefficient (Wildman–Crippen LogP) is 0.732. The van der Waals surface area contributed by atoms with E-state index in [0.717, 1.165) is 6.42 Å². The highest BCUT2D eigenvalue weighted by atomic mass is 16.5. The SMILES string of the molecule is C=COCC(O)CC.C=O. The van der Waals surface area contributed by atoms with Gasteiger partial charge in [0, 0.05) is 0 Å². The topological polar surface area (TPSA) is 46.5 Å². The Morgan fingerprint density at radius 3 is 2.50 bits per heavy atom. The largest absolute Gasteiger partial charge is 0.499 e. The van der Waals surface area contributed by atoms with Gasteiger partial charge in [-0.2, -0.15) is 0 Å². The maximum Gasteiger partial charge on any atom is 0.113 e. The van der Waals surface area contributed by atoms with Crippen molar-refractivity contribution >= 4 is 6.79 Å². The molecule has 0 rings (SSSR count). The van der Waals surface area contributed by atoms with Crippen molar-refractivity contribution in [2.45, 2.75) is 19.4 Å². The second-order valence-electron chi connectivity index (χ2n) is 1.56. The average Bonchev–Trinajstić information content (AvgIpc) is 2.04. The molecule has 3 heteroatoms. The summed E-state index contributed by atoms with van der Waals surface area (Å²) in [5.74, 6) is 0. The van der Waals surface area contributed by atoms with Crippen molar-refractivity contribution in [3.05, 3.63) is 12.8 Å². The first-order chi connectivity index (χ1) is 4.81. The van der Waals surface area contributed by atoms with Gasteiger partial charge < -0.3 is 14.6 Å². The standard InChI is InChI=1S/C6H12O2.CH2O/c1-3-6(7)5-8-4-2;1-2/h4,6-7H,2-3,5H2,1H3;1H2. The third kappa shape index (κ3) is 10.2. The van der Waals surface area contributed by atoms with Gasteiger partial charge in [0.05, 0.1) is 12.4 Å². The minimum Gasteiger partial charge on any atom is -0.499 e. The Hall–Kier alpha value is -0.830. The van der Waals surface area contributed by atoms with Crippen LogP contribution in [0.15, 0.2) is 12.8 Å². The minimum atomic E-state index is -0.340. The first-order valence-corrected chi connectivity index (χ1v) is 3.00. The summed E-state index contributed by atoms with van der Waals surface area (Å²) in [6.07, 6.45) is 1.72. The molecule has 0 radical (unpaired) electrons. The highest BCUT2D eigenvalue weighted by Gasteiger charge is 1.96. The van der Waals surface area contributed by atoms with Gasteiger partial charge in [0.25, 0.3) is 0 Å². The van der Waals surface area contributed by atoms with Crippen LogP contribution in [0.2, 0.25) is 0 Å². The highest BCUT2D eigenvalue weighted by molar-refractivity contribution is 5.10. The zero-order valence-corrected chi connectivity index (χ0v) is 6.25. The lowest BCUT2D eigenvalue weighted by Crippen LogP contribution is -2.10. The minimum absolute atomic E-state index is 0.340. The van der Waals surface area contributed by atoms with Crippen LogP contribution in [-0.4, -0.2) is 24.6 Å². The number of carbonyl (C=O) groups excluding carboxylic acids is 1. The zero-order chi connectivity index (χ0) is 8.41. The molecule has 0 spiro atoms. The molecular formula is C7H14O3. The number of aliphatic hydroxyl groups excluding tert-OH is 1. The molecule has 0 aromatic heterocycles. The van der Waals surface area contributed by atoms with Crippen LogP contribution in [0.25, 0.3) is 0 Å². The summed E-state index contributed by atoms with van der Waals surface area (Å²) in [4.78, 5) is 8.00. The van der Waals surface area contributed by atoms with Crippen molar-refractivity contribution in [1.82, 2.24) is 0 Å². The Morgan fingerprint density at radius 2 is 2.20 bits per heavy atom. The first kappa shape index (κ1) is 11.9. The molecule has 0 aromatic carbocycles. The van der Waals surface area contributed by atoms with Gasteiger partial charge in [-0.25, -0.2) is 0 Å². The quantitative estimate of drug-likeness (QED) is 0.595. The second-order valence-corrected chi connectivity index (χ2v) is 1.56. The van der Waals surface area contributed by atoms with E-state index in [9.17, 15) is 0 Å². The van der Waals surface area contributed by atoms with Gasteiger partial charge in [0.1, 0.15) is 13.4 Å². The monoisotopic (exact) mass is 146 g/mol. The number of hydrogen-bond donors (Lipinski definition) is 1. The van der Waals surface area contributed by atoms with E-state index in [1.165, 1.54) is 6.26 Å². The van der Waals surface area contributed by atoms with E-state index in [1.807, 2.05) is 13.7 Å². The van der Waals surface area contributed by atoms with Gasteiger partial charge >= 0.3 is 0 Å². The van der Waals surface area contributed by atoms with Crippen LogP contribution in [0.4, 0.5) is 0 Å². The van der Waals surface area contributed by atoms with Crippen LogP contribution < -0.4 is 0 Å². The van der Waals surface area contributed by atoms with Crippen LogP contribution in [-0.2, 0) is 9.53 Å². The average molecular weight is 146 g/mol. The predicted molar refractivity (Wildman–Crippen MR) is 39.6 cm³/mol. The number of rotatable bonds is 4. The van der Waals surface area contributed by atoms with Gasteiger partial charge in [-0.15, -0.1) is 0 Å². The Bertz CT molecular complexity index is 73.3. The van der Waals surface area contributed by atoms with Gasteiger partial charge in [-0.1, -0.05) is 13.5 Å². The Kier molecular flexibility index (Phi) is 13.1. The van der Waals surface area contributed by atoms with E-state index < -0.39 is 0 Å². The second kappa shape index (κ2) is 11.0. The lowest BCUT2D eigenvalue weighted by atomic mass is 10.3. The van der Waals surface area contributed by atoms with E-state index in [-0.39, 0.29) is 6.10 Å². The van der Waals surface area contributed by atoms with Gasteiger partial charge in [-0.05, 0) is 6.42 Å². The van der Waals surface area contributed by atoms with E-state index in [2.05, 4.69) is 6.58 Å². The lowest BCUT2D eigenvalue weighted by Gasteiger charge is -2.04. The third-order valence-corrected chi connectivity index (χ3v) is 0.878. The summed E-state index contributed by atoms with van der Waals surface area (Å²) >= 11 is 0. The Balaban J connectivity index is 0. The summed E-state index contributed by atoms with van der Waals surface area (Å²) in [5.41, 5.74) is 0. The van der Waals surface area contributed by atoms with E-state index >= 15 is 0 Å². The van der Waals surface area contributed by atoms with Crippen molar-refractivity contribution in [1.29, 1.82) is 0 Å². The van der Waals surface area contributed by atoms with Gasteiger partial charge in [-0.3, -0.25) is 0 Å². The molecule has 60 valence electrons. The fourth-order valence-electron chi connectivity index (χ4n) is 0.297. The molecule has 10 heavy (non-hydrogen) atoms. The number of carbonyl (C=O) groups is 1. The van der Waals surface area contributed by atoms with Crippen LogP contribution in [0, 0.1) is 0 Å². The first-order valence-electron chi connectivity index (χ1n) is 3.00. The van der Waals surface area contributed by atoms with Crippen molar-refractivity contribution in [3.8, 4) is 0 Å². The molecule has 0 fully saturated rings. The molecular weight excluding hydrogens is 132 g/mol. The van der Waals surface area contributed by atoms with Crippen LogP contribution in [0.3, 0.4) is 0 Å². The Labute approximate surface area is 61.3 Å². The van der Waals surface area contributed by atoms with E-state index in [0.29, 0.717) is 6.61 Å². The summed E-state index contributed by atoms with van der Waals surface area (Å²) in [5, 5.41) is 8.82. The zero-order valence-electron chi connectivity index (χ0n) is 6.25. The molecule has 0 aromatic rings. The van der Waals surface area contributed by atoms with Crippen LogP contribution in [0.5, 0.6) is 0 Å². The highest BCUT2D eigenvalue weighted by Crippen LogP contribution is 1.89. The molecule has 1 N–H and O–H groups in total. The van der Waals surface area contributed by atoms with E-state index in [4.69, 9.17) is 14.6 Å². The molecule has 1 atom stereocenters. The van der Waals surface area contributed by atoms with Gasteiger partial charge in [0.15, 0.2) is 0 Å². The molecule has 0 heterocycles. The maximum atomic E-state index is 8.82. The van der Waals surface area contributed by atoms with Gasteiger partial charge in [0.2, 0.25) is 0 Å². The molecule has 3 nitrogen and oxygen atoms in total. The van der Waals surface area contributed by atoms with Crippen LogP contribution in [0.1, 0.15) is 13.3 Å². The maximum absolute atomic E-state index is 8.82. The van der Waals surface area contributed by atoms with Crippen molar-refractivity contribution in [3.63, 3.8) is 0 Å². The summed E-state index contributed by atoms with van der Waals surface area (Å²) in [6, 6.07) is 0. The molecule has 0 saturated heterocycles. The summed E-state index contributed by atoms with van der Waals surface area (Å²) in [6.45, 7) is 7.59. The summed E-state index contributed by atoms with van der Waals surface area (Å²) in [7, 11) is 0. The molecule has 0 aliphatic carbocycles. The lowest BCUT2D eigenvalue weighted by molar-refractivity contribution is -0.0979.